The van der Waals surface area contributed by atoms with Crippen molar-refractivity contribution in [2.24, 2.45) is 0 Å². The lowest BCUT2D eigenvalue weighted by Gasteiger charge is -2.36. The van der Waals surface area contributed by atoms with Crippen LogP contribution in [0.2, 0.25) is 0 Å². The third-order valence-electron chi connectivity index (χ3n) is 5.23. The number of amides is 1. The summed E-state index contributed by atoms with van der Waals surface area (Å²) in [5.74, 6) is 0.207. The lowest BCUT2D eigenvalue weighted by atomic mass is 9.97. The number of hydrogen-bond donors (Lipinski definition) is 1. The Balaban J connectivity index is 1.69. The molecule has 0 bridgehead atoms. The first-order valence-corrected chi connectivity index (χ1v) is 9.80. The average molecular weight is 375 g/mol. The SMILES string of the molecule is CCOC(=O)C1(NC(=O)c2ccc(N3C[C@@H](C)O[C@H](C)C3)nc2)CCCC1. The largest absolute Gasteiger partial charge is 0.464 e. The first-order chi connectivity index (χ1) is 12.9. The summed E-state index contributed by atoms with van der Waals surface area (Å²) in [4.78, 5) is 31.7. The zero-order valence-corrected chi connectivity index (χ0v) is 16.4. The Bertz CT molecular complexity index is 660. The van der Waals surface area contributed by atoms with Gasteiger partial charge in [0.25, 0.3) is 5.91 Å². The topological polar surface area (TPSA) is 80.8 Å². The van der Waals surface area contributed by atoms with E-state index in [0.717, 1.165) is 31.7 Å². The van der Waals surface area contributed by atoms with E-state index in [2.05, 4.69) is 15.2 Å². The van der Waals surface area contributed by atoms with E-state index in [1.807, 2.05) is 19.9 Å². The Morgan fingerprint density at radius 2 is 1.93 bits per heavy atom. The number of hydrogen-bond acceptors (Lipinski definition) is 6. The summed E-state index contributed by atoms with van der Waals surface area (Å²) in [6.07, 6.45) is 4.91. The van der Waals surface area contributed by atoms with Gasteiger partial charge in [0.2, 0.25) is 0 Å². The van der Waals surface area contributed by atoms with Crippen LogP contribution in [0.4, 0.5) is 5.82 Å². The maximum atomic E-state index is 12.7. The summed E-state index contributed by atoms with van der Waals surface area (Å²) in [7, 11) is 0. The summed E-state index contributed by atoms with van der Waals surface area (Å²) in [6.45, 7) is 7.72. The van der Waals surface area contributed by atoms with Gasteiger partial charge in [0, 0.05) is 19.3 Å². The van der Waals surface area contributed by atoms with Crippen molar-refractivity contribution in [3.8, 4) is 0 Å². The molecule has 1 saturated heterocycles. The fourth-order valence-electron chi connectivity index (χ4n) is 3.99. The molecule has 0 aromatic carbocycles. The minimum Gasteiger partial charge on any atom is -0.464 e. The summed E-state index contributed by atoms with van der Waals surface area (Å²) < 4.78 is 10.9. The third kappa shape index (κ3) is 4.40. The predicted molar refractivity (Wildman–Crippen MR) is 102 cm³/mol. The number of anilines is 1. The fourth-order valence-corrected chi connectivity index (χ4v) is 3.99. The first-order valence-electron chi connectivity index (χ1n) is 9.80. The quantitative estimate of drug-likeness (QED) is 0.796. The van der Waals surface area contributed by atoms with Gasteiger partial charge in [0.1, 0.15) is 11.4 Å². The number of nitrogens with zero attached hydrogens (tertiary/aromatic N) is 2. The third-order valence-corrected chi connectivity index (χ3v) is 5.23. The van der Waals surface area contributed by atoms with Gasteiger partial charge in [-0.05, 0) is 45.7 Å². The van der Waals surface area contributed by atoms with Crippen molar-refractivity contribution in [2.75, 3.05) is 24.6 Å². The van der Waals surface area contributed by atoms with Gasteiger partial charge in [-0.1, -0.05) is 12.8 Å². The molecule has 27 heavy (non-hydrogen) atoms. The molecule has 2 fully saturated rings. The number of ether oxygens (including phenoxy) is 2. The summed E-state index contributed by atoms with van der Waals surface area (Å²) in [5, 5.41) is 2.92. The Hall–Kier alpha value is -2.15. The highest BCUT2D eigenvalue weighted by molar-refractivity contribution is 5.98. The molecular formula is C20H29N3O4. The van der Waals surface area contributed by atoms with Crippen molar-refractivity contribution >= 4 is 17.7 Å². The van der Waals surface area contributed by atoms with Crippen LogP contribution in [0.15, 0.2) is 18.3 Å². The van der Waals surface area contributed by atoms with Crippen molar-refractivity contribution in [1.29, 1.82) is 0 Å². The second-order valence-electron chi connectivity index (χ2n) is 7.53. The van der Waals surface area contributed by atoms with E-state index in [9.17, 15) is 9.59 Å². The van der Waals surface area contributed by atoms with Gasteiger partial charge in [0.05, 0.1) is 24.4 Å². The van der Waals surface area contributed by atoms with E-state index in [4.69, 9.17) is 9.47 Å². The van der Waals surface area contributed by atoms with Gasteiger partial charge in [-0.15, -0.1) is 0 Å². The lowest BCUT2D eigenvalue weighted by molar-refractivity contribution is -0.150. The number of carbonyl (C=O) groups is 2. The van der Waals surface area contributed by atoms with Crippen molar-refractivity contribution in [3.05, 3.63) is 23.9 Å². The van der Waals surface area contributed by atoms with E-state index < -0.39 is 5.54 Å². The minimum absolute atomic E-state index is 0.144. The first kappa shape index (κ1) is 19.6. The highest BCUT2D eigenvalue weighted by Crippen LogP contribution is 2.31. The van der Waals surface area contributed by atoms with Gasteiger partial charge in [-0.25, -0.2) is 9.78 Å². The molecule has 2 aliphatic rings. The van der Waals surface area contributed by atoms with E-state index in [-0.39, 0.29) is 24.1 Å². The molecule has 0 unspecified atom stereocenters. The van der Waals surface area contributed by atoms with Crippen molar-refractivity contribution in [3.63, 3.8) is 0 Å². The second kappa shape index (κ2) is 8.25. The van der Waals surface area contributed by atoms with Gasteiger partial charge >= 0.3 is 5.97 Å². The zero-order valence-electron chi connectivity index (χ0n) is 16.4. The molecule has 148 valence electrons. The predicted octanol–water partition coefficient (Wildman–Crippen LogP) is 2.30. The van der Waals surface area contributed by atoms with E-state index in [1.54, 1.807) is 19.2 Å². The molecule has 0 radical (unpaired) electrons. The summed E-state index contributed by atoms with van der Waals surface area (Å²) in [6, 6.07) is 3.61. The highest BCUT2D eigenvalue weighted by Gasteiger charge is 2.44. The number of nitrogens with one attached hydrogen (secondary N) is 1. The Morgan fingerprint density at radius 3 is 2.48 bits per heavy atom. The Kier molecular flexibility index (Phi) is 5.99. The maximum Gasteiger partial charge on any atom is 0.331 e. The van der Waals surface area contributed by atoms with Crippen LogP contribution in [0.3, 0.4) is 0 Å². The molecule has 1 N–H and O–H groups in total. The molecule has 1 aromatic heterocycles. The van der Waals surface area contributed by atoms with Crippen LogP contribution >= 0.6 is 0 Å². The summed E-state index contributed by atoms with van der Waals surface area (Å²) >= 11 is 0. The van der Waals surface area contributed by atoms with Gasteiger partial charge < -0.3 is 19.7 Å². The molecule has 1 aliphatic heterocycles. The molecule has 2 atom stereocenters. The number of rotatable bonds is 5. The molecule has 1 amide bonds. The van der Waals surface area contributed by atoms with Gasteiger partial charge in [-0.3, -0.25) is 4.79 Å². The molecule has 3 rings (SSSR count). The van der Waals surface area contributed by atoms with Crippen molar-refractivity contribution in [1.82, 2.24) is 10.3 Å². The van der Waals surface area contributed by atoms with Crippen molar-refractivity contribution < 1.29 is 19.1 Å². The molecule has 7 heteroatoms. The molecule has 1 aliphatic carbocycles. The number of aromatic nitrogens is 1. The Labute approximate surface area is 160 Å². The monoisotopic (exact) mass is 375 g/mol. The van der Waals surface area contributed by atoms with Crippen molar-refractivity contribution in [2.45, 2.75) is 64.2 Å². The second-order valence-corrected chi connectivity index (χ2v) is 7.53. The van der Waals surface area contributed by atoms with E-state index >= 15 is 0 Å². The van der Waals surface area contributed by atoms with E-state index in [0.29, 0.717) is 25.0 Å². The highest BCUT2D eigenvalue weighted by atomic mass is 16.5. The van der Waals surface area contributed by atoms with Gasteiger partial charge in [0.15, 0.2) is 0 Å². The molecule has 2 heterocycles. The number of morpholine rings is 1. The van der Waals surface area contributed by atoms with Crippen LogP contribution in [-0.2, 0) is 14.3 Å². The normalized spacial score (nSPS) is 24.5. The minimum atomic E-state index is -0.902. The molecule has 0 spiro atoms. The lowest BCUT2D eigenvalue weighted by Crippen LogP contribution is -2.53. The summed E-state index contributed by atoms with van der Waals surface area (Å²) in [5.41, 5.74) is -0.454. The number of pyridine rings is 1. The van der Waals surface area contributed by atoms with Crippen LogP contribution < -0.4 is 10.2 Å². The number of esters is 1. The smallest absolute Gasteiger partial charge is 0.331 e. The van der Waals surface area contributed by atoms with E-state index in [1.165, 1.54) is 0 Å². The molecule has 1 aromatic rings. The van der Waals surface area contributed by atoms with Crippen LogP contribution in [-0.4, -0.2) is 54.3 Å². The fraction of sp³-hybridized carbons (Fsp3) is 0.650. The van der Waals surface area contributed by atoms with Crippen LogP contribution in [0.1, 0.15) is 56.8 Å². The standard InChI is InChI=1S/C20H29N3O4/c1-4-26-19(25)20(9-5-6-10-20)22-18(24)16-7-8-17(21-11-16)23-12-14(2)27-15(3)13-23/h7-8,11,14-15H,4-6,9-10,12-13H2,1-3H3,(H,22,24)/t14-,15-/m1/s1. The molecular weight excluding hydrogens is 346 g/mol. The zero-order chi connectivity index (χ0) is 19.4. The van der Waals surface area contributed by atoms with Crippen LogP contribution in [0.5, 0.6) is 0 Å². The molecule has 1 saturated carbocycles. The van der Waals surface area contributed by atoms with Crippen LogP contribution in [0, 0.1) is 0 Å². The average Bonchev–Trinajstić information content (AvgIpc) is 3.11. The maximum absolute atomic E-state index is 12.7. The molecule has 7 nitrogen and oxygen atoms in total. The Morgan fingerprint density at radius 1 is 1.26 bits per heavy atom. The van der Waals surface area contributed by atoms with Crippen LogP contribution in [0.25, 0.3) is 0 Å². The number of carbonyl (C=O) groups excluding carboxylic acids is 2. The van der Waals surface area contributed by atoms with Gasteiger partial charge in [-0.2, -0.15) is 0 Å².